The van der Waals surface area contributed by atoms with E-state index < -0.39 is 5.91 Å². The molecule has 4 aromatic heterocycles. The Morgan fingerprint density at radius 2 is 2.00 bits per heavy atom. The third-order valence-electron chi connectivity index (χ3n) is 4.93. The van der Waals surface area contributed by atoms with Crippen LogP contribution in [0.5, 0.6) is 0 Å². The number of nitrogens with one attached hydrogen (secondary N) is 3. The van der Waals surface area contributed by atoms with Crippen molar-refractivity contribution < 1.29 is 4.79 Å². The van der Waals surface area contributed by atoms with Crippen LogP contribution in [0.3, 0.4) is 0 Å². The maximum Gasteiger partial charge on any atom is 0.274 e. The standard InChI is InChI=1S/C22H22N8O2/c1-24-14-5-3-10-26-16(14)11-27-22(32)20-21(23)29-19(15-6-4-9-25-15)18(28-20)13-7-8-17(31)30(2)12-13/h3-10,12,24-25H,11H2,1-2H3,(H2,23,29)(H,27,32). The number of nitrogens with two attached hydrogens (primary N) is 1. The van der Waals surface area contributed by atoms with Gasteiger partial charge in [-0.1, -0.05) is 0 Å². The van der Waals surface area contributed by atoms with E-state index >= 15 is 0 Å². The lowest BCUT2D eigenvalue weighted by atomic mass is 10.1. The zero-order chi connectivity index (χ0) is 22.7. The Labute approximate surface area is 183 Å². The fourth-order valence-electron chi connectivity index (χ4n) is 3.27. The molecule has 4 rings (SSSR count). The molecule has 10 heteroatoms. The Kier molecular flexibility index (Phi) is 5.67. The zero-order valence-electron chi connectivity index (χ0n) is 17.6. The van der Waals surface area contributed by atoms with Gasteiger partial charge in [-0.2, -0.15) is 0 Å². The van der Waals surface area contributed by atoms with E-state index in [0.29, 0.717) is 28.3 Å². The predicted octanol–water partition coefficient (Wildman–Crippen LogP) is 1.79. The van der Waals surface area contributed by atoms with Gasteiger partial charge in [0.15, 0.2) is 11.5 Å². The second kappa shape index (κ2) is 8.72. The molecule has 10 nitrogen and oxygen atoms in total. The number of anilines is 2. The Morgan fingerprint density at radius 3 is 2.72 bits per heavy atom. The highest BCUT2D eigenvalue weighted by molar-refractivity contribution is 5.97. The molecule has 0 saturated heterocycles. The number of pyridine rings is 2. The monoisotopic (exact) mass is 430 g/mol. The Morgan fingerprint density at radius 1 is 1.16 bits per heavy atom. The number of hydrogen-bond donors (Lipinski definition) is 4. The number of aryl methyl sites for hydroxylation is 1. The number of nitrogens with zero attached hydrogens (tertiary/aromatic N) is 4. The smallest absolute Gasteiger partial charge is 0.274 e. The first-order valence-electron chi connectivity index (χ1n) is 9.86. The number of amides is 1. The fourth-order valence-corrected chi connectivity index (χ4v) is 3.27. The number of aromatic nitrogens is 5. The molecule has 0 aliphatic heterocycles. The van der Waals surface area contributed by atoms with Crippen molar-refractivity contribution in [2.24, 2.45) is 7.05 Å². The Bertz CT molecular complexity index is 1330. The van der Waals surface area contributed by atoms with Gasteiger partial charge in [0.2, 0.25) is 5.56 Å². The third-order valence-corrected chi connectivity index (χ3v) is 4.93. The van der Waals surface area contributed by atoms with Crippen LogP contribution >= 0.6 is 0 Å². The van der Waals surface area contributed by atoms with Crippen LogP contribution in [0.2, 0.25) is 0 Å². The molecular weight excluding hydrogens is 408 g/mol. The lowest BCUT2D eigenvalue weighted by molar-refractivity contribution is 0.0946. The van der Waals surface area contributed by atoms with E-state index in [1.165, 1.54) is 10.6 Å². The summed E-state index contributed by atoms with van der Waals surface area (Å²) in [7, 11) is 3.43. The molecule has 0 aliphatic carbocycles. The summed E-state index contributed by atoms with van der Waals surface area (Å²) in [5.41, 5.74) is 9.65. The van der Waals surface area contributed by atoms with Crippen LogP contribution in [0.1, 0.15) is 16.2 Å². The van der Waals surface area contributed by atoms with Crippen LogP contribution in [0.15, 0.2) is 59.8 Å². The van der Waals surface area contributed by atoms with Gasteiger partial charge in [-0.05, 0) is 30.3 Å². The molecule has 0 spiro atoms. The number of aromatic amines is 1. The van der Waals surface area contributed by atoms with Crippen molar-refractivity contribution in [3.63, 3.8) is 0 Å². The molecule has 4 heterocycles. The van der Waals surface area contributed by atoms with Gasteiger partial charge < -0.3 is 25.9 Å². The largest absolute Gasteiger partial charge is 0.387 e. The van der Waals surface area contributed by atoms with Gasteiger partial charge in [0.05, 0.1) is 23.6 Å². The van der Waals surface area contributed by atoms with E-state index in [0.717, 1.165) is 5.69 Å². The number of rotatable bonds is 6. The van der Waals surface area contributed by atoms with Crippen LogP contribution in [0.4, 0.5) is 11.5 Å². The molecule has 1 amide bonds. The van der Waals surface area contributed by atoms with Crippen molar-refractivity contribution in [3.05, 3.63) is 76.7 Å². The number of H-pyrrole nitrogens is 1. The molecular formula is C22H22N8O2. The Balaban J connectivity index is 1.73. The zero-order valence-corrected chi connectivity index (χ0v) is 17.6. The lowest BCUT2D eigenvalue weighted by Crippen LogP contribution is -2.26. The van der Waals surface area contributed by atoms with Crippen molar-refractivity contribution in [3.8, 4) is 22.6 Å². The highest BCUT2D eigenvalue weighted by Gasteiger charge is 2.21. The van der Waals surface area contributed by atoms with Gasteiger partial charge in [0, 0.05) is 44.3 Å². The van der Waals surface area contributed by atoms with Crippen molar-refractivity contribution in [2.75, 3.05) is 18.1 Å². The second-order valence-electron chi connectivity index (χ2n) is 7.04. The molecule has 0 aliphatic rings. The average Bonchev–Trinajstić information content (AvgIpc) is 3.34. The van der Waals surface area contributed by atoms with E-state index in [2.05, 4.69) is 30.6 Å². The second-order valence-corrected chi connectivity index (χ2v) is 7.04. The van der Waals surface area contributed by atoms with Crippen LogP contribution in [-0.2, 0) is 13.6 Å². The van der Waals surface area contributed by atoms with Crippen molar-refractivity contribution >= 4 is 17.4 Å². The predicted molar refractivity (Wildman–Crippen MR) is 122 cm³/mol. The molecule has 4 aromatic rings. The van der Waals surface area contributed by atoms with Gasteiger partial charge in [0.25, 0.3) is 5.91 Å². The molecule has 162 valence electrons. The summed E-state index contributed by atoms with van der Waals surface area (Å²) in [5.74, 6) is -0.484. The quantitative estimate of drug-likeness (QED) is 0.365. The Hall–Kier alpha value is -4.47. The summed E-state index contributed by atoms with van der Waals surface area (Å²) in [6.45, 7) is 0.185. The average molecular weight is 430 g/mol. The maximum absolute atomic E-state index is 12.9. The van der Waals surface area contributed by atoms with Crippen molar-refractivity contribution in [2.45, 2.75) is 6.54 Å². The lowest BCUT2D eigenvalue weighted by Gasteiger charge is -2.13. The SMILES string of the molecule is CNc1cccnc1CNC(=O)c1nc(-c2ccc(=O)n(C)c2)c(-c2ccc[nH]2)nc1N. The van der Waals surface area contributed by atoms with Crippen molar-refractivity contribution in [1.82, 2.24) is 29.8 Å². The molecule has 0 fully saturated rings. The summed E-state index contributed by atoms with van der Waals surface area (Å²) < 4.78 is 1.44. The van der Waals surface area contributed by atoms with Gasteiger partial charge in [-0.15, -0.1) is 0 Å². The third kappa shape index (κ3) is 4.06. The minimum Gasteiger partial charge on any atom is -0.387 e. The van der Waals surface area contributed by atoms with Crippen LogP contribution in [0.25, 0.3) is 22.6 Å². The normalized spacial score (nSPS) is 10.7. The number of carbonyl (C=O) groups is 1. The number of nitrogen functional groups attached to an aromatic ring is 1. The molecule has 0 aromatic carbocycles. The topological polar surface area (TPSA) is 144 Å². The van der Waals surface area contributed by atoms with E-state index in [4.69, 9.17) is 5.73 Å². The summed E-state index contributed by atoms with van der Waals surface area (Å²) >= 11 is 0. The first kappa shape index (κ1) is 20.8. The summed E-state index contributed by atoms with van der Waals surface area (Å²) in [4.78, 5) is 41.2. The van der Waals surface area contributed by atoms with E-state index in [1.807, 2.05) is 18.2 Å². The first-order chi connectivity index (χ1) is 15.5. The van der Waals surface area contributed by atoms with Crippen molar-refractivity contribution in [1.29, 1.82) is 0 Å². The minimum absolute atomic E-state index is 0.00414. The molecule has 0 radical (unpaired) electrons. The highest BCUT2D eigenvalue weighted by Crippen LogP contribution is 2.29. The van der Waals surface area contributed by atoms with Gasteiger partial charge in [-0.3, -0.25) is 14.6 Å². The van der Waals surface area contributed by atoms with Gasteiger partial charge in [0.1, 0.15) is 11.4 Å². The maximum atomic E-state index is 12.9. The highest BCUT2D eigenvalue weighted by atomic mass is 16.2. The summed E-state index contributed by atoms with van der Waals surface area (Å²) in [5, 5.41) is 5.83. The molecule has 0 saturated carbocycles. The molecule has 0 bridgehead atoms. The van der Waals surface area contributed by atoms with Crippen LogP contribution in [0, 0.1) is 0 Å². The van der Waals surface area contributed by atoms with Crippen LogP contribution in [-0.4, -0.2) is 37.5 Å². The number of hydrogen-bond acceptors (Lipinski definition) is 7. The summed E-state index contributed by atoms with van der Waals surface area (Å²) in [6.07, 6.45) is 5.05. The minimum atomic E-state index is -0.480. The summed E-state index contributed by atoms with van der Waals surface area (Å²) in [6, 6.07) is 10.4. The van der Waals surface area contributed by atoms with Crippen LogP contribution < -0.4 is 21.9 Å². The van der Waals surface area contributed by atoms with E-state index in [-0.39, 0.29) is 23.6 Å². The van der Waals surface area contributed by atoms with Gasteiger partial charge in [-0.25, -0.2) is 9.97 Å². The first-order valence-corrected chi connectivity index (χ1v) is 9.86. The van der Waals surface area contributed by atoms with E-state index in [9.17, 15) is 9.59 Å². The molecule has 32 heavy (non-hydrogen) atoms. The van der Waals surface area contributed by atoms with Gasteiger partial charge >= 0.3 is 0 Å². The molecule has 0 unspecified atom stereocenters. The van der Waals surface area contributed by atoms with E-state index in [1.54, 1.807) is 44.8 Å². The molecule has 0 atom stereocenters. The molecule has 5 N–H and O–H groups in total. The number of carbonyl (C=O) groups excluding carboxylic acids is 1. The fraction of sp³-hybridized carbons (Fsp3) is 0.136.